The lowest BCUT2D eigenvalue weighted by atomic mass is 10.0. The number of halogens is 1. The molecule has 6 heteroatoms. The molecule has 1 aromatic carbocycles. The Bertz CT molecular complexity index is 703. The highest BCUT2D eigenvalue weighted by atomic mass is 35.5. The van der Waals surface area contributed by atoms with Crippen molar-refractivity contribution in [3.63, 3.8) is 0 Å². The normalized spacial score (nSPS) is 18.4. The molecule has 5 nitrogen and oxygen atoms in total. The quantitative estimate of drug-likeness (QED) is 0.688. The van der Waals surface area contributed by atoms with E-state index in [2.05, 4.69) is 28.9 Å². The summed E-state index contributed by atoms with van der Waals surface area (Å²) < 4.78 is 5.51. The molecule has 2 fully saturated rings. The SMILES string of the molecule is Cc1c(CCCN2CCCC2)cc(Cl)cc1N1CCN(C(=O)OC(C)(C)C)CC1. The minimum atomic E-state index is -0.457. The lowest BCUT2D eigenvalue weighted by Gasteiger charge is -2.37. The van der Waals surface area contributed by atoms with Crippen molar-refractivity contribution in [3.05, 3.63) is 28.3 Å². The van der Waals surface area contributed by atoms with Crippen molar-refractivity contribution in [1.29, 1.82) is 0 Å². The average molecular weight is 422 g/mol. The van der Waals surface area contributed by atoms with Gasteiger partial charge in [0.15, 0.2) is 0 Å². The molecular weight excluding hydrogens is 386 g/mol. The van der Waals surface area contributed by atoms with E-state index in [1.807, 2.05) is 20.8 Å². The Morgan fingerprint density at radius 2 is 1.72 bits per heavy atom. The van der Waals surface area contributed by atoms with Gasteiger partial charge in [0.25, 0.3) is 0 Å². The molecule has 0 spiro atoms. The topological polar surface area (TPSA) is 36.0 Å². The molecule has 3 rings (SSSR count). The van der Waals surface area contributed by atoms with E-state index in [9.17, 15) is 4.79 Å². The Morgan fingerprint density at radius 3 is 2.34 bits per heavy atom. The van der Waals surface area contributed by atoms with Gasteiger partial charge in [0.1, 0.15) is 5.60 Å². The summed E-state index contributed by atoms with van der Waals surface area (Å²) >= 11 is 6.48. The molecule has 2 saturated heterocycles. The maximum atomic E-state index is 12.3. The van der Waals surface area contributed by atoms with Crippen LogP contribution in [0.4, 0.5) is 10.5 Å². The third kappa shape index (κ3) is 6.26. The van der Waals surface area contributed by atoms with Gasteiger partial charge in [0.2, 0.25) is 0 Å². The molecule has 0 saturated carbocycles. The zero-order chi connectivity index (χ0) is 21.0. The summed E-state index contributed by atoms with van der Waals surface area (Å²) in [4.78, 5) is 19.0. The van der Waals surface area contributed by atoms with Gasteiger partial charge in [0, 0.05) is 36.9 Å². The van der Waals surface area contributed by atoms with E-state index in [0.717, 1.165) is 24.5 Å². The molecule has 1 aromatic rings. The van der Waals surface area contributed by atoms with Crippen LogP contribution in [0.3, 0.4) is 0 Å². The van der Waals surface area contributed by atoms with E-state index in [4.69, 9.17) is 16.3 Å². The number of piperazine rings is 1. The van der Waals surface area contributed by atoms with Gasteiger partial charge in [-0.3, -0.25) is 0 Å². The van der Waals surface area contributed by atoms with Gasteiger partial charge in [0.05, 0.1) is 0 Å². The van der Waals surface area contributed by atoms with Crippen molar-refractivity contribution in [2.24, 2.45) is 0 Å². The number of carbonyl (C=O) groups is 1. The molecule has 0 aliphatic carbocycles. The molecule has 0 unspecified atom stereocenters. The standard InChI is InChI=1S/C23H36ClN3O2/c1-18-19(8-7-11-25-9-5-6-10-25)16-20(24)17-21(18)26-12-14-27(15-13-26)22(28)29-23(2,3)4/h16-17H,5-15H2,1-4H3. The third-order valence-electron chi connectivity index (χ3n) is 5.84. The summed E-state index contributed by atoms with van der Waals surface area (Å²) in [5.74, 6) is 0. The number of likely N-dealkylation sites (tertiary alicyclic amines) is 1. The fraction of sp³-hybridized carbons (Fsp3) is 0.696. The first-order chi connectivity index (χ1) is 13.7. The Kier molecular flexibility index (Phi) is 7.33. The second kappa shape index (κ2) is 9.57. The number of amides is 1. The number of nitrogens with zero attached hydrogens (tertiary/aromatic N) is 3. The van der Waals surface area contributed by atoms with Gasteiger partial charge in [-0.05, 0) is 96.3 Å². The summed E-state index contributed by atoms with van der Waals surface area (Å²) in [6.07, 6.45) is 4.70. The van der Waals surface area contributed by atoms with Crippen molar-refractivity contribution >= 4 is 23.4 Å². The number of rotatable bonds is 5. The highest BCUT2D eigenvalue weighted by Crippen LogP contribution is 2.30. The predicted molar refractivity (Wildman–Crippen MR) is 120 cm³/mol. The van der Waals surface area contributed by atoms with Gasteiger partial charge >= 0.3 is 6.09 Å². The first kappa shape index (κ1) is 22.2. The fourth-order valence-corrected chi connectivity index (χ4v) is 4.50. The van der Waals surface area contributed by atoms with Crippen molar-refractivity contribution in [2.45, 2.75) is 59.0 Å². The van der Waals surface area contributed by atoms with E-state index < -0.39 is 5.60 Å². The maximum Gasteiger partial charge on any atom is 0.410 e. The number of carbonyl (C=O) groups excluding carboxylic acids is 1. The molecule has 0 bridgehead atoms. The molecule has 0 radical (unpaired) electrons. The molecule has 2 aliphatic heterocycles. The number of hydrogen-bond acceptors (Lipinski definition) is 4. The Morgan fingerprint density at radius 1 is 1.07 bits per heavy atom. The fourth-order valence-electron chi connectivity index (χ4n) is 4.26. The van der Waals surface area contributed by atoms with E-state index >= 15 is 0 Å². The van der Waals surface area contributed by atoms with Crippen LogP contribution in [0, 0.1) is 6.92 Å². The number of hydrogen-bond donors (Lipinski definition) is 0. The Hall–Kier alpha value is -1.46. The molecule has 0 N–H and O–H groups in total. The lowest BCUT2D eigenvalue weighted by Crippen LogP contribution is -2.50. The van der Waals surface area contributed by atoms with Gasteiger partial charge in [-0.1, -0.05) is 11.6 Å². The zero-order valence-electron chi connectivity index (χ0n) is 18.5. The largest absolute Gasteiger partial charge is 0.444 e. The highest BCUT2D eigenvalue weighted by Gasteiger charge is 2.26. The average Bonchev–Trinajstić information content (AvgIpc) is 3.16. The van der Waals surface area contributed by atoms with Crippen LogP contribution in [-0.2, 0) is 11.2 Å². The summed E-state index contributed by atoms with van der Waals surface area (Å²) in [5, 5.41) is 0.802. The van der Waals surface area contributed by atoms with E-state index in [-0.39, 0.29) is 6.09 Å². The molecule has 0 atom stereocenters. The molecule has 1 amide bonds. The molecular formula is C23H36ClN3O2. The molecule has 2 aliphatic rings. The minimum absolute atomic E-state index is 0.220. The van der Waals surface area contributed by atoms with Gasteiger partial charge in [-0.15, -0.1) is 0 Å². The smallest absolute Gasteiger partial charge is 0.410 e. The van der Waals surface area contributed by atoms with Crippen molar-refractivity contribution in [3.8, 4) is 0 Å². The zero-order valence-corrected chi connectivity index (χ0v) is 19.2. The molecule has 2 heterocycles. The van der Waals surface area contributed by atoms with Crippen LogP contribution in [0.5, 0.6) is 0 Å². The Labute approximate surface area is 180 Å². The summed E-state index contributed by atoms with van der Waals surface area (Å²) in [6.45, 7) is 14.5. The Balaban J connectivity index is 1.59. The van der Waals surface area contributed by atoms with Crippen LogP contribution in [0.2, 0.25) is 5.02 Å². The first-order valence-corrected chi connectivity index (χ1v) is 11.3. The van der Waals surface area contributed by atoms with Crippen LogP contribution in [-0.4, -0.2) is 67.3 Å². The number of benzene rings is 1. The van der Waals surface area contributed by atoms with E-state index in [1.54, 1.807) is 4.90 Å². The molecule has 29 heavy (non-hydrogen) atoms. The van der Waals surface area contributed by atoms with E-state index in [1.165, 1.54) is 55.7 Å². The minimum Gasteiger partial charge on any atom is -0.444 e. The van der Waals surface area contributed by atoms with E-state index in [0.29, 0.717) is 13.1 Å². The first-order valence-electron chi connectivity index (χ1n) is 11.0. The van der Waals surface area contributed by atoms with Gasteiger partial charge in [-0.25, -0.2) is 4.79 Å². The number of aryl methyl sites for hydroxylation is 1. The maximum absolute atomic E-state index is 12.3. The monoisotopic (exact) mass is 421 g/mol. The van der Waals surface area contributed by atoms with Gasteiger partial charge < -0.3 is 19.4 Å². The summed E-state index contributed by atoms with van der Waals surface area (Å²) in [7, 11) is 0. The lowest BCUT2D eigenvalue weighted by molar-refractivity contribution is 0.0240. The molecule has 0 aromatic heterocycles. The van der Waals surface area contributed by atoms with Crippen LogP contribution in [0.25, 0.3) is 0 Å². The van der Waals surface area contributed by atoms with Crippen molar-refractivity contribution < 1.29 is 9.53 Å². The second-order valence-electron chi connectivity index (χ2n) is 9.32. The second-order valence-corrected chi connectivity index (χ2v) is 9.75. The van der Waals surface area contributed by atoms with Crippen LogP contribution < -0.4 is 4.90 Å². The summed E-state index contributed by atoms with van der Waals surface area (Å²) in [5.41, 5.74) is 3.42. The molecule has 162 valence electrons. The van der Waals surface area contributed by atoms with Crippen LogP contribution in [0.1, 0.15) is 51.2 Å². The number of anilines is 1. The highest BCUT2D eigenvalue weighted by molar-refractivity contribution is 6.31. The summed E-state index contributed by atoms with van der Waals surface area (Å²) in [6, 6.07) is 4.20. The van der Waals surface area contributed by atoms with Crippen molar-refractivity contribution in [2.75, 3.05) is 50.7 Å². The van der Waals surface area contributed by atoms with Crippen LogP contribution in [0.15, 0.2) is 12.1 Å². The van der Waals surface area contributed by atoms with Crippen molar-refractivity contribution in [1.82, 2.24) is 9.80 Å². The van der Waals surface area contributed by atoms with Gasteiger partial charge in [-0.2, -0.15) is 0 Å². The predicted octanol–water partition coefficient (Wildman–Crippen LogP) is 4.73. The third-order valence-corrected chi connectivity index (χ3v) is 6.06. The number of ether oxygens (including phenoxy) is 1. The van der Waals surface area contributed by atoms with Crippen LogP contribution >= 0.6 is 11.6 Å².